The summed E-state index contributed by atoms with van der Waals surface area (Å²) in [4.78, 5) is 11.6. The lowest BCUT2D eigenvalue weighted by Crippen LogP contribution is -2.57. The summed E-state index contributed by atoms with van der Waals surface area (Å²) in [7, 11) is -3.90. The summed E-state index contributed by atoms with van der Waals surface area (Å²) in [6.45, 7) is -0.386. The Balaban J connectivity index is 1.90. The van der Waals surface area contributed by atoms with Crippen LogP contribution >= 0.6 is 0 Å². The molecule has 1 aromatic heterocycles. The Morgan fingerprint density at radius 3 is 2.90 bits per heavy atom. The predicted molar refractivity (Wildman–Crippen MR) is 67.1 cm³/mol. The van der Waals surface area contributed by atoms with E-state index in [-0.39, 0.29) is 23.4 Å². The van der Waals surface area contributed by atoms with Crippen molar-refractivity contribution in [3.8, 4) is 0 Å². The molecule has 2 aliphatic rings. The molecule has 2 fully saturated rings. The van der Waals surface area contributed by atoms with Crippen LogP contribution in [0.2, 0.25) is 0 Å². The van der Waals surface area contributed by atoms with Gasteiger partial charge in [-0.3, -0.25) is 9.48 Å². The zero-order chi connectivity index (χ0) is 15.2. The van der Waals surface area contributed by atoms with E-state index in [1.165, 1.54) is 4.31 Å². The minimum Gasteiger partial charge on any atom is -0.353 e. The van der Waals surface area contributed by atoms with Crippen molar-refractivity contribution < 1.29 is 22.0 Å². The zero-order valence-corrected chi connectivity index (χ0v) is 11.8. The Bertz CT molecular complexity index is 660. The SMILES string of the molecule is O=C1NCC2CCC1N2S(=O)(=O)c1cnn(CC(F)F)c1. The number of sulfonamides is 1. The van der Waals surface area contributed by atoms with Crippen LogP contribution < -0.4 is 5.32 Å². The van der Waals surface area contributed by atoms with Crippen molar-refractivity contribution in [1.29, 1.82) is 0 Å². The van der Waals surface area contributed by atoms with Crippen LogP contribution in [0.3, 0.4) is 0 Å². The van der Waals surface area contributed by atoms with Crippen molar-refractivity contribution in [3.05, 3.63) is 12.4 Å². The Morgan fingerprint density at radius 1 is 1.43 bits per heavy atom. The van der Waals surface area contributed by atoms with Gasteiger partial charge < -0.3 is 5.32 Å². The minimum absolute atomic E-state index is 0.158. The average Bonchev–Trinajstić information content (AvgIpc) is 2.98. The molecule has 3 heterocycles. The number of carbonyl (C=O) groups is 1. The molecule has 0 radical (unpaired) electrons. The lowest BCUT2D eigenvalue weighted by molar-refractivity contribution is -0.126. The summed E-state index contributed by atoms with van der Waals surface area (Å²) < 4.78 is 51.9. The number of halogens is 2. The number of aromatic nitrogens is 2. The fraction of sp³-hybridized carbons (Fsp3) is 0.636. The van der Waals surface area contributed by atoms with Crippen molar-refractivity contribution >= 4 is 15.9 Å². The number of carbonyl (C=O) groups excluding carboxylic acids is 1. The quantitative estimate of drug-likeness (QED) is 0.833. The minimum atomic E-state index is -3.90. The molecule has 3 rings (SSSR count). The van der Waals surface area contributed by atoms with Gasteiger partial charge in [0.15, 0.2) is 0 Å². The number of piperazine rings is 1. The molecule has 0 saturated carbocycles. The third-order valence-corrected chi connectivity index (χ3v) is 5.68. The van der Waals surface area contributed by atoms with Crippen LogP contribution in [0.4, 0.5) is 8.78 Å². The first-order valence-electron chi connectivity index (χ1n) is 6.51. The van der Waals surface area contributed by atoms with Crippen LogP contribution in [0, 0.1) is 0 Å². The molecule has 2 atom stereocenters. The van der Waals surface area contributed by atoms with Gasteiger partial charge in [-0.05, 0) is 12.8 Å². The van der Waals surface area contributed by atoms with Gasteiger partial charge in [-0.1, -0.05) is 0 Å². The molecular weight excluding hydrogens is 306 g/mol. The van der Waals surface area contributed by atoms with Crippen molar-refractivity contribution in [2.75, 3.05) is 6.54 Å². The molecule has 21 heavy (non-hydrogen) atoms. The lowest BCUT2D eigenvalue weighted by atomic mass is 10.2. The zero-order valence-electron chi connectivity index (χ0n) is 10.9. The van der Waals surface area contributed by atoms with Gasteiger partial charge in [0.2, 0.25) is 15.9 Å². The van der Waals surface area contributed by atoms with E-state index >= 15 is 0 Å². The second-order valence-electron chi connectivity index (χ2n) is 5.12. The molecule has 0 spiro atoms. The van der Waals surface area contributed by atoms with Crippen molar-refractivity contribution in [2.45, 2.75) is 42.8 Å². The normalized spacial score (nSPS) is 26.3. The third-order valence-electron chi connectivity index (χ3n) is 3.76. The van der Waals surface area contributed by atoms with Gasteiger partial charge in [-0.25, -0.2) is 17.2 Å². The van der Waals surface area contributed by atoms with Crippen molar-refractivity contribution in [2.24, 2.45) is 0 Å². The van der Waals surface area contributed by atoms with Crippen LogP contribution in [0.15, 0.2) is 17.3 Å². The van der Waals surface area contributed by atoms with E-state index in [1.54, 1.807) is 0 Å². The van der Waals surface area contributed by atoms with Gasteiger partial charge in [-0.2, -0.15) is 9.40 Å². The Hall–Kier alpha value is -1.55. The van der Waals surface area contributed by atoms with Gasteiger partial charge in [-0.15, -0.1) is 0 Å². The number of hydrogen-bond acceptors (Lipinski definition) is 4. The van der Waals surface area contributed by atoms with Crippen LogP contribution in [0.1, 0.15) is 12.8 Å². The third kappa shape index (κ3) is 2.42. The Labute approximate surface area is 120 Å². The second-order valence-corrected chi connectivity index (χ2v) is 6.96. The van der Waals surface area contributed by atoms with Gasteiger partial charge >= 0.3 is 0 Å². The van der Waals surface area contributed by atoms with Gasteiger partial charge in [0.05, 0.1) is 6.20 Å². The largest absolute Gasteiger partial charge is 0.353 e. The Kier molecular flexibility index (Phi) is 3.44. The summed E-state index contributed by atoms with van der Waals surface area (Å²) in [6, 6.07) is -0.997. The number of nitrogens with zero attached hydrogens (tertiary/aromatic N) is 3. The summed E-state index contributed by atoms with van der Waals surface area (Å²) in [5.41, 5.74) is 0. The molecule has 2 saturated heterocycles. The molecule has 2 bridgehead atoms. The van der Waals surface area contributed by atoms with Gasteiger partial charge in [0.1, 0.15) is 17.5 Å². The molecule has 2 aliphatic heterocycles. The standard InChI is InChI=1S/C11H14F2N4O3S/c12-10(13)6-16-5-8(4-15-16)21(19,20)17-7-1-2-9(17)11(18)14-3-7/h4-5,7,9-10H,1-3,6H2,(H,14,18). The highest BCUT2D eigenvalue weighted by molar-refractivity contribution is 7.89. The molecule has 1 N–H and O–H groups in total. The first-order chi connectivity index (χ1) is 9.89. The van der Waals surface area contributed by atoms with Crippen molar-refractivity contribution in [3.63, 3.8) is 0 Å². The summed E-state index contributed by atoms with van der Waals surface area (Å²) >= 11 is 0. The van der Waals surface area contributed by atoms with Gasteiger partial charge in [0.25, 0.3) is 6.43 Å². The van der Waals surface area contributed by atoms with Crippen LogP contribution in [0.25, 0.3) is 0 Å². The topological polar surface area (TPSA) is 84.3 Å². The average molecular weight is 320 g/mol. The first kappa shape index (κ1) is 14.4. The maximum absolute atomic E-state index is 12.6. The van der Waals surface area contributed by atoms with Crippen molar-refractivity contribution in [1.82, 2.24) is 19.4 Å². The molecule has 1 aromatic rings. The molecule has 10 heteroatoms. The number of alkyl halides is 2. The fourth-order valence-electron chi connectivity index (χ4n) is 2.84. The molecule has 7 nitrogen and oxygen atoms in total. The monoisotopic (exact) mass is 320 g/mol. The Morgan fingerprint density at radius 2 is 2.19 bits per heavy atom. The van der Waals surface area contributed by atoms with Gasteiger partial charge in [0, 0.05) is 18.8 Å². The molecular formula is C11H14F2N4O3S. The van der Waals surface area contributed by atoms with Crippen LogP contribution in [-0.4, -0.2) is 53.5 Å². The molecule has 1 amide bonds. The highest BCUT2D eigenvalue weighted by Gasteiger charge is 2.48. The summed E-state index contributed by atoms with van der Waals surface area (Å²) in [6.07, 6.45) is 0.587. The maximum Gasteiger partial charge on any atom is 0.257 e. The van der Waals surface area contributed by atoms with E-state index in [4.69, 9.17) is 0 Å². The number of amides is 1. The van der Waals surface area contributed by atoms with E-state index < -0.39 is 29.0 Å². The number of rotatable bonds is 4. The molecule has 2 unspecified atom stereocenters. The lowest BCUT2D eigenvalue weighted by Gasteiger charge is -2.32. The predicted octanol–water partition coefficient (Wildman–Crippen LogP) is -0.200. The van der Waals surface area contributed by atoms with E-state index in [2.05, 4.69) is 10.4 Å². The van der Waals surface area contributed by atoms with E-state index in [0.717, 1.165) is 17.1 Å². The maximum atomic E-state index is 12.6. The first-order valence-corrected chi connectivity index (χ1v) is 7.95. The number of fused-ring (bicyclic) bond motifs is 2. The molecule has 0 aromatic carbocycles. The highest BCUT2D eigenvalue weighted by Crippen LogP contribution is 2.33. The number of hydrogen-bond donors (Lipinski definition) is 1. The van der Waals surface area contributed by atoms with E-state index in [1.807, 2.05) is 0 Å². The second kappa shape index (κ2) is 5.02. The molecule has 116 valence electrons. The van der Waals surface area contributed by atoms with Crippen LogP contribution in [0.5, 0.6) is 0 Å². The summed E-state index contributed by atoms with van der Waals surface area (Å²) in [5, 5.41) is 6.30. The highest BCUT2D eigenvalue weighted by atomic mass is 32.2. The molecule has 0 aliphatic carbocycles. The number of nitrogens with one attached hydrogen (secondary N) is 1. The van der Waals surface area contributed by atoms with Crippen LogP contribution in [-0.2, 0) is 21.4 Å². The van der Waals surface area contributed by atoms with E-state index in [9.17, 15) is 22.0 Å². The smallest absolute Gasteiger partial charge is 0.257 e. The fourth-order valence-corrected chi connectivity index (χ4v) is 4.63. The summed E-state index contributed by atoms with van der Waals surface area (Å²) in [5.74, 6) is -0.313. The van der Waals surface area contributed by atoms with E-state index in [0.29, 0.717) is 12.8 Å².